The van der Waals surface area contributed by atoms with Gasteiger partial charge in [-0.3, -0.25) is 4.79 Å². The molecule has 0 spiro atoms. The molecule has 0 heterocycles. The zero-order valence-corrected chi connectivity index (χ0v) is 9.70. The SMILES string of the molecule is COc1c(Cl)cccc1C(C(=O)O)C1CC1. The summed E-state index contributed by atoms with van der Waals surface area (Å²) in [5.41, 5.74) is 0.685. The van der Waals surface area contributed by atoms with Gasteiger partial charge in [0.15, 0.2) is 0 Å². The summed E-state index contributed by atoms with van der Waals surface area (Å²) in [4.78, 5) is 11.3. The molecule has 1 N–H and O–H groups in total. The summed E-state index contributed by atoms with van der Waals surface area (Å²) < 4.78 is 5.19. The molecule has 0 radical (unpaired) electrons. The molecule has 2 rings (SSSR count). The van der Waals surface area contributed by atoms with Crippen molar-refractivity contribution in [3.63, 3.8) is 0 Å². The lowest BCUT2D eigenvalue weighted by atomic mass is 9.93. The minimum atomic E-state index is -0.803. The van der Waals surface area contributed by atoms with Crippen LogP contribution in [-0.2, 0) is 4.79 Å². The fraction of sp³-hybridized carbons (Fsp3) is 0.417. The van der Waals surface area contributed by atoms with E-state index in [0.29, 0.717) is 16.3 Å². The fourth-order valence-corrected chi connectivity index (χ4v) is 2.26. The predicted octanol–water partition coefficient (Wildman–Crippen LogP) is 2.93. The van der Waals surface area contributed by atoms with Gasteiger partial charge in [0.25, 0.3) is 0 Å². The summed E-state index contributed by atoms with van der Waals surface area (Å²) >= 11 is 5.99. The van der Waals surface area contributed by atoms with Gasteiger partial charge in [-0.1, -0.05) is 23.7 Å². The van der Waals surface area contributed by atoms with Crippen LogP contribution in [-0.4, -0.2) is 18.2 Å². The van der Waals surface area contributed by atoms with E-state index in [0.717, 1.165) is 12.8 Å². The minimum Gasteiger partial charge on any atom is -0.495 e. The third-order valence-corrected chi connectivity index (χ3v) is 3.19. The van der Waals surface area contributed by atoms with E-state index >= 15 is 0 Å². The number of methoxy groups -OCH3 is 1. The van der Waals surface area contributed by atoms with Gasteiger partial charge in [0.05, 0.1) is 18.1 Å². The number of rotatable bonds is 4. The zero-order valence-electron chi connectivity index (χ0n) is 8.94. The van der Waals surface area contributed by atoms with Gasteiger partial charge in [0.2, 0.25) is 0 Å². The Labute approximate surface area is 99.0 Å². The number of aliphatic carboxylic acids is 1. The largest absolute Gasteiger partial charge is 0.495 e. The Balaban J connectivity index is 2.44. The highest BCUT2D eigenvalue weighted by Crippen LogP contribution is 2.46. The molecule has 0 aliphatic heterocycles. The van der Waals surface area contributed by atoms with Crippen molar-refractivity contribution in [2.75, 3.05) is 7.11 Å². The van der Waals surface area contributed by atoms with Gasteiger partial charge in [0.1, 0.15) is 5.75 Å². The lowest BCUT2D eigenvalue weighted by Crippen LogP contribution is -2.14. The van der Waals surface area contributed by atoms with E-state index in [2.05, 4.69) is 0 Å². The number of ether oxygens (including phenoxy) is 1. The Hall–Kier alpha value is -1.22. The topological polar surface area (TPSA) is 46.5 Å². The van der Waals surface area contributed by atoms with Gasteiger partial charge in [-0.25, -0.2) is 0 Å². The van der Waals surface area contributed by atoms with Crippen molar-refractivity contribution in [3.8, 4) is 5.75 Å². The van der Waals surface area contributed by atoms with E-state index in [-0.39, 0.29) is 5.92 Å². The smallest absolute Gasteiger partial charge is 0.311 e. The first-order valence-electron chi connectivity index (χ1n) is 5.20. The van der Waals surface area contributed by atoms with Crippen molar-refractivity contribution >= 4 is 17.6 Å². The fourth-order valence-electron chi connectivity index (χ4n) is 2.00. The molecular weight excluding hydrogens is 228 g/mol. The molecule has 1 fully saturated rings. The third-order valence-electron chi connectivity index (χ3n) is 2.90. The lowest BCUT2D eigenvalue weighted by molar-refractivity contribution is -0.139. The number of carboxylic acid groups (broad SMARTS) is 1. The molecule has 3 nitrogen and oxygen atoms in total. The van der Waals surface area contributed by atoms with Crippen LogP contribution in [0.15, 0.2) is 18.2 Å². The van der Waals surface area contributed by atoms with Crippen molar-refractivity contribution in [1.29, 1.82) is 0 Å². The van der Waals surface area contributed by atoms with E-state index < -0.39 is 11.9 Å². The van der Waals surface area contributed by atoms with Crippen molar-refractivity contribution in [1.82, 2.24) is 0 Å². The second-order valence-corrected chi connectivity index (χ2v) is 4.42. The molecule has 0 aromatic heterocycles. The Kier molecular flexibility index (Phi) is 3.06. The monoisotopic (exact) mass is 240 g/mol. The summed E-state index contributed by atoms with van der Waals surface area (Å²) in [5.74, 6) is -0.579. The van der Waals surface area contributed by atoms with E-state index in [9.17, 15) is 9.90 Å². The van der Waals surface area contributed by atoms with Gasteiger partial charge in [-0.2, -0.15) is 0 Å². The zero-order chi connectivity index (χ0) is 11.7. The number of hydrogen-bond acceptors (Lipinski definition) is 2. The summed E-state index contributed by atoms with van der Waals surface area (Å²) in [6.07, 6.45) is 1.93. The molecule has 1 aliphatic rings. The van der Waals surface area contributed by atoms with Crippen molar-refractivity contribution < 1.29 is 14.6 Å². The standard InChI is InChI=1S/C12H13ClO3/c1-16-11-8(3-2-4-9(11)13)10(12(14)15)7-5-6-7/h2-4,7,10H,5-6H2,1H3,(H,14,15). The van der Waals surface area contributed by atoms with E-state index in [4.69, 9.17) is 16.3 Å². The number of carbonyl (C=O) groups is 1. The summed E-state index contributed by atoms with van der Waals surface area (Å²) in [6.45, 7) is 0. The van der Waals surface area contributed by atoms with Gasteiger partial charge >= 0.3 is 5.97 Å². The number of hydrogen-bond donors (Lipinski definition) is 1. The summed E-state index contributed by atoms with van der Waals surface area (Å²) in [6, 6.07) is 5.25. The molecule has 1 aromatic rings. The van der Waals surface area contributed by atoms with Gasteiger partial charge in [-0.15, -0.1) is 0 Å². The minimum absolute atomic E-state index is 0.227. The Morgan fingerprint density at radius 3 is 2.75 bits per heavy atom. The molecule has 1 aromatic carbocycles. The lowest BCUT2D eigenvalue weighted by Gasteiger charge is -2.16. The quantitative estimate of drug-likeness (QED) is 0.880. The molecule has 1 atom stereocenters. The second-order valence-electron chi connectivity index (χ2n) is 4.02. The maximum Gasteiger partial charge on any atom is 0.311 e. The maximum atomic E-state index is 11.3. The highest BCUT2D eigenvalue weighted by atomic mass is 35.5. The van der Waals surface area contributed by atoms with Crippen molar-refractivity contribution in [3.05, 3.63) is 28.8 Å². The molecule has 1 unspecified atom stereocenters. The average Bonchev–Trinajstić information content (AvgIpc) is 3.02. The molecule has 0 amide bonds. The predicted molar refractivity (Wildman–Crippen MR) is 61.1 cm³/mol. The van der Waals surface area contributed by atoms with Gasteiger partial charge in [0, 0.05) is 5.56 Å². The highest BCUT2D eigenvalue weighted by Gasteiger charge is 2.39. The molecule has 1 saturated carbocycles. The first-order chi connectivity index (χ1) is 7.65. The van der Waals surface area contributed by atoms with Crippen LogP contribution in [0.3, 0.4) is 0 Å². The first kappa shape index (κ1) is 11.3. The molecular formula is C12H13ClO3. The number of carboxylic acids is 1. The van der Waals surface area contributed by atoms with Crippen molar-refractivity contribution in [2.24, 2.45) is 5.92 Å². The Morgan fingerprint density at radius 1 is 1.56 bits per heavy atom. The van der Waals surface area contributed by atoms with Gasteiger partial charge in [-0.05, 0) is 24.8 Å². The molecule has 0 bridgehead atoms. The number of benzene rings is 1. The Morgan fingerprint density at radius 2 is 2.25 bits per heavy atom. The van der Waals surface area contributed by atoms with Crippen LogP contribution in [0.25, 0.3) is 0 Å². The Bertz CT molecular complexity index is 413. The third kappa shape index (κ3) is 2.00. The van der Waals surface area contributed by atoms with Crippen LogP contribution in [0.5, 0.6) is 5.75 Å². The molecule has 0 saturated heterocycles. The molecule has 1 aliphatic carbocycles. The van der Waals surface area contributed by atoms with Crippen LogP contribution in [0.2, 0.25) is 5.02 Å². The van der Waals surface area contributed by atoms with E-state index in [1.165, 1.54) is 7.11 Å². The highest BCUT2D eigenvalue weighted by molar-refractivity contribution is 6.32. The normalized spacial score (nSPS) is 16.9. The van der Waals surface area contributed by atoms with Crippen LogP contribution in [0.4, 0.5) is 0 Å². The first-order valence-corrected chi connectivity index (χ1v) is 5.58. The number of halogens is 1. The van der Waals surface area contributed by atoms with Crippen LogP contribution in [0.1, 0.15) is 24.3 Å². The average molecular weight is 241 g/mol. The van der Waals surface area contributed by atoms with Crippen LogP contribution < -0.4 is 4.74 Å². The molecule has 86 valence electrons. The van der Waals surface area contributed by atoms with E-state index in [1.807, 2.05) is 0 Å². The second kappa shape index (κ2) is 4.34. The summed E-state index contributed by atoms with van der Waals surface area (Å²) in [7, 11) is 1.51. The van der Waals surface area contributed by atoms with Gasteiger partial charge < -0.3 is 9.84 Å². The summed E-state index contributed by atoms with van der Waals surface area (Å²) in [5, 5.41) is 9.71. The molecule has 16 heavy (non-hydrogen) atoms. The van der Waals surface area contributed by atoms with Crippen LogP contribution in [0, 0.1) is 5.92 Å². The number of para-hydroxylation sites is 1. The van der Waals surface area contributed by atoms with Crippen LogP contribution >= 0.6 is 11.6 Å². The van der Waals surface area contributed by atoms with Crippen molar-refractivity contribution in [2.45, 2.75) is 18.8 Å². The molecule has 4 heteroatoms. The maximum absolute atomic E-state index is 11.3. The van der Waals surface area contributed by atoms with E-state index in [1.54, 1.807) is 18.2 Å².